The summed E-state index contributed by atoms with van der Waals surface area (Å²) in [4.78, 5) is 24.0. The van der Waals surface area contributed by atoms with E-state index in [2.05, 4.69) is 5.32 Å². The summed E-state index contributed by atoms with van der Waals surface area (Å²) in [6.45, 7) is 2.26. The van der Waals surface area contributed by atoms with Crippen LogP contribution in [0.2, 0.25) is 0 Å². The number of nitrogens with two attached hydrogens (primary N) is 1. The molecule has 130 valence electrons. The SMILES string of the molecule is NC(=O)C1(CNC(=O)Cc2ccc3c(c2)OCCO3)CCOCC1. The fourth-order valence-corrected chi connectivity index (χ4v) is 2.99. The van der Waals surface area contributed by atoms with Gasteiger partial charge in [0.1, 0.15) is 13.2 Å². The van der Waals surface area contributed by atoms with Crippen molar-refractivity contribution in [3.63, 3.8) is 0 Å². The number of hydrogen-bond acceptors (Lipinski definition) is 5. The molecule has 1 fully saturated rings. The molecule has 0 saturated carbocycles. The Morgan fingerprint density at radius 1 is 1.08 bits per heavy atom. The van der Waals surface area contributed by atoms with Gasteiger partial charge in [-0.3, -0.25) is 9.59 Å². The Labute approximate surface area is 140 Å². The number of ether oxygens (including phenoxy) is 3. The van der Waals surface area contributed by atoms with E-state index < -0.39 is 5.41 Å². The molecule has 0 aromatic heterocycles. The molecule has 3 N–H and O–H groups in total. The minimum atomic E-state index is -0.708. The summed E-state index contributed by atoms with van der Waals surface area (Å²) in [7, 11) is 0. The Morgan fingerprint density at radius 2 is 1.79 bits per heavy atom. The molecule has 0 bridgehead atoms. The molecule has 0 unspecified atom stereocenters. The van der Waals surface area contributed by atoms with Gasteiger partial charge in [0.05, 0.1) is 11.8 Å². The quantitative estimate of drug-likeness (QED) is 0.812. The van der Waals surface area contributed by atoms with E-state index >= 15 is 0 Å². The monoisotopic (exact) mass is 334 g/mol. The van der Waals surface area contributed by atoms with E-state index in [0.29, 0.717) is 50.8 Å². The second-order valence-corrected chi connectivity index (χ2v) is 6.19. The van der Waals surface area contributed by atoms with Gasteiger partial charge in [-0.15, -0.1) is 0 Å². The van der Waals surface area contributed by atoms with Gasteiger partial charge in [0.25, 0.3) is 0 Å². The molecule has 2 heterocycles. The average Bonchev–Trinajstić information content (AvgIpc) is 2.60. The van der Waals surface area contributed by atoms with Crippen LogP contribution in [-0.2, 0) is 20.7 Å². The predicted octanol–water partition coefficient (Wildman–Crippen LogP) is 0.399. The van der Waals surface area contributed by atoms with Crippen molar-refractivity contribution < 1.29 is 23.8 Å². The second-order valence-electron chi connectivity index (χ2n) is 6.19. The van der Waals surface area contributed by atoms with Crippen molar-refractivity contribution in [1.29, 1.82) is 0 Å². The molecule has 2 amide bonds. The zero-order valence-corrected chi connectivity index (χ0v) is 13.5. The van der Waals surface area contributed by atoms with Crippen LogP contribution in [-0.4, -0.2) is 44.8 Å². The molecule has 0 aliphatic carbocycles. The molecule has 1 aromatic rings. The normalized spacial score (nSPS) is 18.7. The van der Waals surface area contributed by atoms with Crippen molar-refractivity contribution in [2.75, 3.05) is 33.0 Å². The van der Waals surface area contributed by atoms with Gasteiger partial charge >= 0.3 is 0 Å². The molecule has 0 atom stereocenters. The number of rotatable bonds is 5. The second kappa shape index (κ2) is 7.09. The highest BCUT2D eigenvalue weighted by Crippen LogP contribution is 2.31. The first-order valence-electron chi connectivity index (χ1n) is 8.12. The minimum Gasteiger partial charge on any atom is -0.486 e. The van der Waals surface area contributed by atoms with Crippen LogP contribution in [0.15, 0.2) is 18.2 Å². The summed E-state index contributed by atoms with van der Waals surface area (Å²) < 4.78 is 16.3. The lowest BCUT2D eigenvalue weighted by atomic mass is 9.79. The summed E-state index contributed by atoms with van der Waals surface area (Å²) >= 11 is 0. The van der Waals surface area contributed by atoms with Crippen molar-refractivity contribution in [3.8, 4) is 11.5 Å². The Bertz CT molecular complexity index is 625. The molecule has 1 saturated heterocycles. The van der Waals surface area contributed by atoms with Crippen LogP contribution in [0.3, 0.4) is 0 Å². The summed E-state index contributed by atoms with van der Waals surface area (Å²) in [6, 6.07) is 5.46. The van der Waals surface area contributed by atoms with Crippen molar-refractivity contribution in [1.82, 2.24) is 5.32 Å². The molecule has 7 nitrogen and oxygen atoms in total. The zero-order chi connectivity index (χ0) is 17.0. The number of benzene rings is 1. The van der Waals surface area contributed by atoms with Gasteiger partial charge in [-0.05, 0) is 30.5 Å². The number of primary amides is 1. The molecular formula is C17H22N2O5. The predicted molar refractivity (Wildman–Crippen MR) is 85.8 cm³/mol. The number of hydrogen-bond donors (Lipinski definition) is 2. The molecule has 0 spiro atoms. The van der Waals surface area contributed by atoms with Gasteiger partial charge in [-0.2, -0.15) is 0 Å². The third kappa shape index (κ3) is 3.62. The highest BCUT2D eigenvalue weighted by atomic mass is 16.6. The first-order valence-corrected chi connectivity index (χ1v) is 8.12. The van der Waals surface area contributed by atoms with Crippen LogP contribution in [0.5, 0.6) is 11.5 Å². The van der Waals surface area contributed by atoms with Crippen LogP contribution >= 0.6 is 0 Å². The van der Waals surface area contributed by atoms with Crippen LogP contribution < -0.4 is 20.5 Å². The van der Waals surface area contributed by atoms with Crippen LogP contribution in [0, 0.1) is 5.41 Å². The third-order valence-corrected chi connectivity index (χ3v) is 4.57. The Morgan fingerprint density at radius 3 is 2.50 bits per heavy atom. The van der Waals surface area contributed by atoms with Gasteiger partial charge in [0.2, 0.25) is 11.8 Å². The molecule has 2 aliphatic rings. The Kier molecular flexibility index (Phi) is 4.89. The van der Waals surface area contributed by atoms with Crippen molar-refractivity contribution in [3.05, 3.63) is 23.8 Å². The van der Waals surface area contributed by atoms with E-state index in [1.165, 1.54) is 0 Å². The first kappa shape index (κ1) is 16.6. The largest absolute Gasteiger partial charge is 0.486 e. The zero-order valence-electron chi connectivity index (χ0n) is 13.5. The molecule has 7 heteroatoms. The molecular weight excluding hydrogens is 312 g/mol. The smallest absolute Gasteiger partial charge is 0.225 e. The molecule has 24 heavy (non-hydrogen) atoms. The van der Waals surface area contributed by atoms with Crippen molar-refractivity contribution in [2.24, 2.45) is 11.1 Å². The van der Waals surface area contributed by atoms with E-state index in [1.807, 2.05) is 12.1 Å². The van der Waals surface area contributed by atoms with E-state index in [0.717, 1.165) is 5.56 Å². The number of nitrogens with one attached hydrogen (secondary N) is 1. The Balaban J connectivity index is 1.58. The summed E-state index contributed by atoms with van der Waals surface area (Å²) in [6.07, 6.45) is 1.28. The van der Waals surface area contributed by atoms with Crippen molar-refractivity contribution in [2.45, 2.75) is 19.3 Å². The van der Waals surface area contributed by atoms with Gasteiger partial charge in [0.15, 0.2) is 11.5 Å². The lowest BCUT2D eigenvalue weighted by Crippen LogP contribution is -2.49. The fourth-order valence-electron chi connectivity index (χ4n) is 2.99. The third-order valence-electron chi connectivity index (χ3n) is 4.57. The van der Waals surface area contributed by atoms with Gasteiger partial charge in [0, 0.05) is 19.8 Å². The van der Waals surface area contributed by atoms with Gasteiger partial charge in [-0.1, -0.05) is 6.07 Å². The maximum Gasteiger partial charge on any atom is 0.225 e. The molecule has 3 rings (SSSR count). The summed E-state index contributed by atoms with van der Waals surface area (Å²) in [5.41, 5.74) is 5.66. The number of fused-ring (bicyclic) bond motifs is 1. The maximum atomic E-state index is 12.2. The highest BCUT2D eigenvalue weighted by molar-refractivity contribution is 5.83. The Hall–Kier alpha value is -2.28. The van der Waals surface area contributed by atoms with Gasteiger partial charge in [-0.25, -0.2) is 0 Å². The molecule has 2 aliphatic heterocycles. The van der Waals surface area contributed by atoms with E-state index in [-0.39, 0.29) is 24.8 Å². The van der Waals surface area contributed by atoms with Crippen LogP contribution in [0.4, 0.5) is 0 Å². The van der Waals surface area contributed by atoms with Crippen LogP contribution in [0.25, 0.3) is 0 Å². The number of carbonyl (C=O) groups is 2. The van der Waals surface area contributed by atoms with Gasteiger partial charge < -0.3 is 25.3 Å². The summed E-state index contributed by atoms with van der Waals surface area (Å²) in [5, 5.41) is 2.84. The van der Waals surface area contributed by atoms with E-state index in [1.54, 1.807) is 6.07 Å². The fraction of sp³-hybridized carbons (Fsp3) is 0.529. The maximum absolute atomic E-state index is 12.2. The number of amides is 2. The molecule has 0 radical (unpaired) electrons. The average molecular weight is 334 g/mol. The first-order chi connectivity index (χ1) is 11.6. The van der Waals surface area contributed by atoms with Crippen molar-refractivity contribution >= 4 is 11.8 Å². The van der Waals surface area contributed by atoms with E-state index in [4.69, 9.17) is 19.9 Å². The minimum absolute atomic E-state index is 0.154. The number of carbonyl (C=O) groups excluding carboxylic acids is 2. The lowest BCUT2D eigenvalue weighted by molar-refractivity contribution is -0.133. The summed E-state index contributed by atoms with van der Waals surface area (Å²) in [5.74, 6) is 0.814. The molecule has 1 aromatic carbocycles. The van der Waals surface area contributed by atoms with E-state index in [9.17, 15) is 9.59 Å². The lowest BCUT2D eigenvalue weighted by Gasteiger charge is -2.34. The highest BCUT2D eigenvalue weighted by Gasteiger charge is 2.38. The topological polar surface area (TPSA) is 99.9 Å². The standard InChI is InChI=1S/C17H22N2O5/c18-16(21)17(3-5-22-6-4-17)11-19-15(20)10-12-1-2-13-14(9-12)24-8-7-23-13/h1-2,9H,3-8,10-11H2,(H2,18,21)(H,19,20). The van der Waals surface area contributed by atoms with Crippen LogP contribution in [0.1, 0.15) is 18.4 Å².